The first kappa shape index (κ1) is 20.4. The van der Waals surface area contributed by atoms with Crippen LogP contribution < -0.4 is 0 Å². The lowest BCUT2D eigenvalue weighted by Crippen LogP contribution is -2.48. The molecule has 7 heteroatoms. The number of hydrogen-bond acceptors (Lipinski definition) is 5. The number of esters is 1. The van der Waals surface area contributed by atoms with E-state index in [1.54, 1.807) is 17.0 Å². The van der Waals surface area contributed by atoms with Crippen LogP contribution in [0.15, 0.2) is 18.2 Å². The van der Waals surface area contributed by atoms with Crippen LogP contribution >= 0.6 is 0 Å². The molecule has 144 valence electrons. The van der Waals surface area contributed by atoms with Gasteiger partial charge in [0.05, 0.1) is 17.1 Å². The minimum absolute atomic E-state index is 0.0197. The van der Waals surface area contributed by atoms with E-state index in [4.69, 9.17) is 4.74 Å². The van der Waals surface area contributed by atoms with Gasteiger partial charge in [0.1, 0.15) is 0 Å². The molecule has 0 radical (unpaired) electrons. The maximum absolute atomic E-state index is 12.7. The first-order valence-corrected chi connectivity index (χ1v) is 10.7. The second-order valence-corrected chi connectivity index (χ2v) is 9.22. The summed E-state index contributed by atoms with van der Waals surface area (Å²) in [4.78, 5) is 26.4. The van der Waals surface area contributed by atoms with Crippen LogP contribution in [-0.2, 0) is 19.4 Å². The second kappa shape index (κ2) is 8.20. The van der Waals surface area contributed by atoms with Gasteiger partial charge >= 0.3 is 5.97 Å². The van der Waals surface area contributed by atoms with Crippen LogP contribution in [0.1, 0.15) is 48.2 Å². The number of ether oxygens (including phenoxy) is 1. The summed E-state index contributed by atoms with van der Waals surface area (Å²) >= 11 is 0. The molecule has 1 heterocycles. The molecule has 2 rings (SSSR count). The summed E-state index contributed by atoms with van der Waals surface area (Å²) in [6.07, 6.45) is 1.14. The first-order chi connectivity index (χ1) is 12.1. The predicted octanol–water partition coefficient (Wildman–Crippen LogP) is 2.27. The number of amides is 1. The Bertz CT molecular complexity index is 787. The number of nitrogens with zero attached hydrogens (tertiary/aromatic N) is 1. The van der Waals surface area contributed by atoms with Gasteiger partial charge in [-0.1, -0.05) is 13.0 Å². The van der Waals surface area contributed by atoms with E-state index in [0.717, 1.165) is 11.1 Å². The third kappa shape index (κ3) is 4.84. The largest absolute Gasteiger partial charge is 0.452 e. The molecule has 0 aliphatic carbocycles. The SMILES string of the molecule is CC[C@@H](C)N(C(=O)COC(=O)c1ccc(C)c(C)c1)[C@H]1CCS(=O)(=O)C1. The average Bonchev–Trinajstić information content (AvgIpc) is 2.94. The Morgan fingerprint density at radius 3 is 2.50 bits per heavy atom. The number of rotatable bonds is 6. The molecule has 0 bridgehead atoms. The van der Waals surface area contributed by atoms with Gasteiger partial charge in [0, 0.05) is 12.1 Å². The lowest BCUT2D eigenvalue weighted by atomic mass is 10.1. The summed E-state index contributed by atoms with van der Waals surface area (Å²) in [6.45, 7) is 7.30. The molecule has 1 saturated heterocycles. The molecule has 0 spiro atoms. The summed E-state index contributed by atoms with van der Waals surface area (Å²) < 4.78 is 28.7. The molecule has 1 fully saturated rings. The average molecular weight is 381 g/mol. The fourth-order valence-corrected chi connectivity index (χ4v) is 4.87. The minimum atomic E-state index is -3.10. The third-order valence-electron chi connectivity index (χ3n) is 5.02. The Morgan fingerprint density at radius 1 is 1.27 bits per heavy atom. The smallest absolute Gasteiger partial charge is 0.338 e. The molecule has 6 nitrogen and oxygen atoms in total. The van der Waals surface area contributed by atoms with E-state index in [-0.39, 0.29) is 36.1 Å². The molecule has 0 N–H and O–H groups in total. The Morgan fingerprint density at radius 2 is 1.96 bits per heavy atom. The van der Waals surface area contributed by atoms with Crippen LogP contribution in [0.3, 0.4) is 0 Å². The quantitative estimate of drug-likeness (QED) is 0.706. The van der Waals surface area contributed by atoms with Crippen molar-refractivity contribution in [3.63, 3.8) is 0 Å². The van der Waals surface area contributed by atoms with E-state index in [1.807, 2.05) is 33.8 Å². The van der Waals surface area contributed by atoms with Gasteiger partial charge in [-0.3, -0.25) is 4.79 Å². The molecule has 0 saturated carbocycles. The molecule has 2 atom stereocenters. The second-order valence-electron chi connectivity index (χ2n) is 6.99. The summed E-state index contributed by atoms with van der Waals surface area (Å²) in [7, 11) is -3.10. The van der Waals surface area contributed by atoms with Gasteiger partial charge in [0.2, 0.25) is 0 Å². The lowest BCUT2D eigenvalue weighted by molar-refractivity contribution is -0.138. The van der Waals surface area contributed by atoms with Gasteiger partial charge in [-0.05, 0) is 56.9 Å². The normalized spacial score (nSPS) is 19.8. The molecular weight excluding hydrogens is 354 g/mol. The first-order valence-electron chi connectivity index (χ1n) is 8.90. The number of aryl methyl sites for hydroxylation is 2. The van der Waals surface area contributed by atoms with E-state index in [9.17, 15) is 18.0 Å². The number of benzene rings is 1. The van der Waals surface area contributed by atoms with Gasteiger partial charge < -0.3 is 9.64 Å². The van der Waals surface area contributed by atoms with Crippen molar-refractivity contribution < 1.29 is 22.7 Å². The van der Waals surface area contributed by atoms with Gasteiger partial charge in [0.15, 0.2) is 16.4 Å². The highest BCUT2D eigenvalue weighted by atomic mass is 32.2. The molecule has 1 amide bonds. The Labute approximate surface area is 155 Å². The van der Waals surface area contributed by atoms with E-state index < -0.39 is 15.8 Å². The molecule has 1 aliphatic heterocycles. The van der Waals surface area contributed by atoms with Crippen LogP contribution in [0, 0.1) is 13.8 Å². The van der Waals surface area contributed by atoms with Crippen molar-refractivity contribution in [2.24, 2.45) is 0 Å². The summed E-state index contributed by atoms with van der Waals surface area (Å²) in [5.41, 5.74) is 2.45. The lowest BCUT2D eigenvalue weighted by Gasteiger charge is -2.33. The predicted molar refractivity (Wildman–Crippen MR) is 99.9 cm³/mol. The highest BCUT2D eigenvalue weighted by Crippen LogP contribution is 2.21. The molecular formula is C19H27NO5S. The number of carbonyl (C=O) groups is 2. The molecule has 0 unspecified atom stereocenters. The number of carbonyl (C=O) groups excluding carboxylic acids is 2. The van der Waals surface area contributed by atoms with Gasteiger partial charge in [-0.15, -0.1) is 0 Å². The zero-order valence-corrected chi connectivity index (χ0v) is 16.6. The van der Waals surface area contributed by atoms with Crippen LogP contribution in [0.5, 0.6) is 0 Å². The maximum atomic E-state index is 12.7. The molecule has 1 aromatic rings. The topological polar surface area (TPSA) is 80.8 Å². The molecule has 26 heavy (non-hydrogen) atoms. The van der Waals surface area contributed by atoms with Crippen LogP contribution in [0.25, 0.3) is 0 Å². The van der Waals surface area contributed by atoms with E-state index in [0.29, 0.717) is 18.4 Å². The molecule has 1 aromatic carbocycles. The van der Waals surface area contributed by atoms with Crippen LogP contribution in [0.4, 0.5) is 0 Å². The van der Waals surface area contributed by atoms with Crippen molar-refractivity contribution in [2.75, 3.05) is 18.1 Å². The fourth-order valence-electron chi connectivity index (χ4n) is 3.15. The third-order valence-corrected chi connectivity index (χ3v) is 6.78. The van der Waals surface area contributed by atoms with Crippen molar-refractivity contribution >= 4 is 21.7 Å². The maximum Gasteiger partial charge on any atom is 0.338 e. The van der Waals surface area contributed by atoms with Crippen LogP contribution in [-0.4, -0.2) is 55.4 Å². The monoisotopic (exact) mass is 381 g/mol. The molecule has 0 aromatic heterocycles. The van der Waals surface area contributed by atoms with Crippen molar-refractivity contribution in [2.45, 2.75) is 52.6 Å². The fraction of sp³-hybridized carbons (Fsp3) is 0.579. The van der Waals surface area contributed by atoms with E-state index in [2.05, 4.69) is 0 Å². The van der Waals surface area contributed by atoms with Gasteiger partial charge in [0.25, 0.3) is 5.91 Å². The van der Waals surface area contributed by atoms with Crippen molar-refractivity contribution in [3.8, 4) is 0 Å². The van der Waals surface area contributed by atoms with E-state index in [1.165, 1.54) is 0 Å². The number of hydrogen-bond donors (Lipinski definition) is 0. The Balaban J connectivity index is 2.04. The Hall–Kier alpha value is -1.89. The Kier molecular flexibility index (Phi) is 6.44. The van der Waals surface area contributed by atoms with Crippen LogP contribution in [0.2, 0.25) is 0 Å². The standard InChI is InChI=1S/C19H27NO5S/c1-5-15(4)20(17-8-9-26(23,24)12-17)18(21)11-25-19(22)16-7-6-13(2)14(3)10-16/h6-7,10,15,17H,5,8-9,11-12H2,1-4H3/t15-,17+/m1/s1. The van der Waals surface area contributed by atoms with Crippen molar-refractivity contribution in [1.82, 2.24) is 4.90 Å². The molecule has 1 aliphatic rings. The van der Waals surface area contributed by atoms with Crippen molar-refractivity contribution in [1.29, 1.82) is 0 Å². The van der Waals surface area contributed by atoms with Gasteiger partial charge in [-0.2, -0.15) is 0 Å². The summed E-state index contributed by atoms with van der Waals surface area (Å²) in [5.74, 6) is -0.822. The van der Waals surface area contributed by atoms with E-state index >= 15 is 0 Å². The number of sulfone groups is 1. The van der Waals surface area contributed by atoms with Gasteiger partial charge in [-0.25, -0.2) is 13.2 Å². The zero-order valence-electron chi connectivity index (χ0n) is 15.8. The highest BCUT2D eigenvalue weighted by molar-refractivity contribution is 7.91. The zero-order chi connectivity index (χ0) is 19.5. The minimum Gasteiger partial charge on any atom is -0.452 e. The summed E-state index contributed by atoms with van der Waals surface area (Å²) in [6, 6.07) is 4.79. The van der Waals surface area contributed by atoms with Crippen molar-refractivity contribution in [3.05, 3.63) is 34.9 Å². The highest BCUT2D eigenvalue weighted by Gasteiger charge is 2.36. The summed E-state index contributed by atoms with van der Waals surface area (Å²) in [5, 5.41) is 0.